The van der Waals surface area contributed by atoms with Crippen molar-refractivity contribution in [1.29, 1.82) is 0 Å². The first-order valence-corrected chi connectivity index (χ1v) is 10.8. The number of ether oxygens (including phenoxy) is 2. The molecule has 2 aromatic rings. The molecule has 10 heteroatoms. The molecule has 4 rings (SSSR count). The SMILES string of the molecule is CC(=O)N1C/C=C/COc2cccc(c2)C[C@@H]([C@H]2CNC(=O)O2)NC(=O)c2cc(Cl)nc1c2. The van der Waals surface area contributed by atoms with E-state index in [2.05, 4.69) is 15.6 Å². The smallest absolute Gasteiger partial charge is 0.407 e. The van der Waals surface area contributed by atoms with Crippen molar-refractivity contribution in [3.63, 3.8) is 0 Å². The number of nitrogens with one attached hydrogen (secondary N) is 2. The van der Waals surface area contributed by atoms with Crippen LogP contribution in [0.25, 0.3) is 0 Å². The first-order chi connectivity index (χ1) is 15.9. The Hall–Kier alpha value is -3.59. The quantitative estimate of drug-likeness (QED) is 0.489. The summed E-state index contributed by atoms with van der Waals surface area (Å²) in [6.45, 7) is 2.23. The van der Waals surface area contributed by atoms with E-state index >= 15 is 0 Å². The summed E-state index contributed by atoms with van der Waals surface area (Å²) in [5.41, 5.74) is 1.15. The molecule has 33 heavy (non-hydrogen) atoms. The Morgan fingerprint density at radius 1 is 1.21 bits per heavy atom. The van der Waals surface area contributed by atoms with E-state index in [1.54, 1.807) is 12.2 Å². The number of aromatic nitrogens is 1. The molecule has 1 aromatic carbocycles. The Labute approximate surface area is 195 Å². The molecule has 1 fully saturated rings. The normalized spacial score (nSPS) is 21.9. The molecule has 9 nitrogen and oxygen atoms in total. The van der Waals surface area contributed by atoms with Crippen molar-refractivity contribution in [3.8, 4) is 5.75 Å². The lowest BCUT2D eigenvalue weighted by molar-refractivity contribution is -0.116. The Balaban J connectivity index is 1.72. The van der Waals surface area contributed by atoms with Crippen molar-refractivity contribution in [2.75, 3.05) is 24.6 Å². The number of hydrogen-bond donors (Lipinski definition) is 2. The maximum absolute atomic E-state index is 13.2. The molecule has 1 saturated heterocycles. The lowest BCUT2D eigenvalue weighted by atomic mass is 10.0. The molecule has 0 radical (unpaired) electrons. The number of nitrogens with zero attached hydrogens (tertiary/aromatic N) is 2. The molecule has 2 aliphatic rings. The van der Waals surface area contributed by atoms with E-state index in [1.807, 2.05) is 24.3 Å². The number of cyclic esters (lactones) is 1. The third kappa shape index (κ3) is 5.61. The van der Waals surface area contributed by atoms with Gasteiger partial charge in [0.15, 0.2) is 0 Å². The van der Waals surface area contributed by atoms with Crippen molar-refractivity contribution in [2.24, 2.45) is 0 Å². The van der Waals surface area contributed by atoms with E-state index in [0.717, 1.165) is 5.56 Å². The fourth-order valence-corrected chi connectivity index (χ4v) is 3.90. The number of benzene rings is 1. The van der Waals surface area contributed by atoms with Gasteiger partial charge >= 0.3 is 6.09 Å². The average molecular weight is 471 g/mol. The summed E-state index contributed by atoms with van der Waals surface area (Å²) in [5, 5.41) is 5.65. The van der Waals surface area contributed by atoms with Crippen LogP contribution >= 0.6 is 11.6 Å². The van der Waals surface area contributed by atoms with E-state index in [0.29, 0.717) is 18.8 Å². The zero-order valence-electron chi connectivity index (χ0n) is 17.9. The summed E-state index contributed by atoms with van der Waals surface area (Å²) >= 11 is 6.18. The van der Waals surface area contributed by atoms with Crippen molar-refractivity contribution < 1.29 is 23.9 Å². The predicted octanol–water partition coefficient (Wildman–Crippen LogP) is 2.49. The van der Waals surface area contributed by atoms with Gasteiger partial charge in [0.05, 0.1) is 12.6 Å². The van der Waals surface area contributed by atoms with E-state index in [-0.39, 0.29) is 35.5 Å². The number of anilines is 1. The lowest BCUT2D eigenvalue weighted by Gasteiger charge is -2.24. The second-order valence-electron chi connectivity index (χ2n) is 7.70. The van der Waals surface area contributed by atoms with Crippen LogP contribution in [0.2, 0.25) is 5.15 Å². The van der Waals surface area contributed by atoms with Crippen LogP contribution in [0.1, 0.15) is 22.8 Å². The zero-order valence-corrected chi connectivity index (χ0v) is 18.7. The van der Waals surface area contributed by atoms with Crippen LogP contribution in [0.3, 0.4) is 0 Å². The maximum atomic E-state index is 13.2. The standard InChI is InChI=1S/C23H23ClN4O5/c1-14(29)28-7-2-3-8-32-17-6-4-5-15(9-17)10-18(19-13-25-23(31)33-19)26-22(30)16-11-20(24)27-21(28)12-16/h2-6,9,11-12,18-19H,7-8,10,13H2,1H3,(H,25,31)(H,26,30)/b3-2+/t18-,19+/m0/s1. The molecule has 2 atom stereocenters. The van der Waals surface area contributed by atoms with Gasteiger partial charge in [-0.3, -0.25) is 14.5 Å². The van der Waals surface area contributed by atoms with Crippen LogP contribution in [0.5, 0.6) is 5.75 Å². The van der Waals surface area contributed by atoms with Gasteiger partial charge in [-0.1, -0.05) is 29.8 Å². The predicted molar refractivity (Wildman–Crippen MR) is 122 cm³/mol. The minimum Gasteiger partial charge on any atom is -0.490 e. The van der Waals surface area contributed by atoms with Crippen LogP contribution in [0, 0.1) is 0 Å². The summed E-state index contributed by atoms with van der Waals surface area (Å²) in [6.07, 6.45) is 2.91. The minimum absolute atomic E-state index is 0.0792. The molecule has 4 bridgehead atoms. The largest absolute Gasteiger partial charge is 0.490 e. The summed E-state index contributed by atoms with van der Waals surface area (Å²) in [7, 11) is 0. The van der Waals surface area contributed by atoms with Gasteiger partial charge in [-0.05, 0) is 42.3 Å². The first kappa shape index (κ1) is 22.6. The van der Waals surface area contributed by atoms with Gasteiger partial charge < -0.3 is 20.1 Å². The van der Waals surface area contributed by atoms with Crippen LogP contribution in [-0.2, 0) is 16.0 Å². The highest BCUT2D eigenvalue weighted by molar-refractivity contribution is 6.30. The highest BCUT2D eigenvalue weighted by Gasteiger charge is 2.32. The fourth-order valence-electron chi connectivity index (χ4n) is 3.70. The molecule has 3 heterocycles. The molecule has 0 saturated carbocycles. The zero-order chi connectivity index (χ0) is 23.4. The average Bonchev–Trinajstić information content (AvgIpc) is 3.21. The van der Waals surface area contributed by atoms with E-state index in [1.165, 1.54) is 24.0 Å². The molecule has 2 aliphatic heterocycles. The Bertz CT molecular complexity index is 1110. The minimum atomic E-state index is -0.557. The Kier molecular flexibility index (Phi) is 6.79. The number of carbonyl (C=O) groups is 3. The highest BCUT2D eigenvalue weighted by atomic mass is 35.5. The molecule has 1 aromatic heterocycles. The molecule has 3 amide bonds. The number of pyridine rings is 1. The third-order valence-electron chi connectivity index (χ3n) is 5.33. The van der Waals surface area contributed by atoms with Crippen LogP contribution in [0.4, 0.5) is 10.6 Å². The van der Waals surface area contributed by atoms with E-state index in [9.17, 15) is 14.4 Å². The summed E-state index contributed by atoms with van der Waals surface area (Å²) in [6, 6.07) is 9.93. The number of hydrogen-bond acceptors (Lipinski definition) is 6. The molecule has 0 spiro atoms. The molecule has 172 valence electrons. The maximum Gasteiger partial charge on any atom is 0.407 e. The molecule has 0 unspecified atom stereocenters. The van der Waals surface area contributed by atoms with Crippen LogP contribution in [0.15, 0.2) is 48.6 Å². The van der Waals surface area contributed by atoms with E-state index < -0.39 is 24.1 Å². The molecule has 2 N–H and O–H groups in total. The van der Waals surface area contributed by atoms with Gasteiger partial charge in [0, 0.05) is 19.0 Å². The van der Waals surface area contributed by atoms with E-state index in [4.69, 9.17) is 21.1 Å². The van der Waals surface area contributed by atoms with Crippen molar-refractivity contribution in [2.45, 2.75) is 25.5 Å². The number of rotatable bonds is 1. The Morgan fingerprint density at radius 2 is 2.06 bits per heavy atom. The Morgan fingerprint density at radius 3 is 2.82 bits per heavy atom. The number of halogens is 1. The van der Waals surface area contributed by atoms with Gasteiger partial charge in [0.2, 0.25) is 5.91 Å². The summed E-state index contributed by atoms with van der Waals surface area (Å²) in [5.74, 6) is 0.246. The van der Waals surface area contributed by atoms with Gasteiger partial charge in [-0.25, -0.2) is 9.78 Å². The van der Waals surface area contributed by atoms with Crippen LogP contribution < -0.4 is 20.3 Å². The van der Waals surface area contributed by atoms with Crippen molar-refractivity contribution in [3.05, 3.63) is 64.8 Å². The molecular formula is C23H23ClN4O5. The number of alkyl carbamates (subject to hydrolysis) is 1. The van der Waals surface area contributed by atoms with Gasteiger partial charge in [0.1, 0.15) is 29.4 Å². The van der Waals surface area contributed by atoms with Crippen molar-refractivity contribution in [1.82, 2.24) is 15.6 Å². The molecule has 0 aliphatic carbocycles. The fraction of sp³-hybridized carbons (Fsp3) is 0.304. The van der Waals surface area contributed by atoms with Crippen LogP contribution in [-0.4, -0.2) is 54.7 Å². The summed E-state index contributed by atoms with van der Waals surface area (Å²) in [4.78, 5) is 42.7. The summed E-state index contributed by atoms with van der Waals surface area (Å²) < 4.78 is 11.1. The lowest BCUT2D eigenvalue weighted by Crippen LogP contribution is -2.46. The molecular weight excluding hydrogens is 448 g/mol. The van der Waals surface area contributed by atoms with Crippen molar-refractivity contribution >= 4 is 35.3 Å². The highest BCUT2D eigenvalue weighted by Crippen LogP contribution is 2.21. The van der Waals surface area contributed by atoms with Gasteiger partial charge in [-0.15, -0.1) is 0 Å². The van der Waals surface area contributed by atoms with Gasteiger partial charge in [0.25, 0.3) is 5.91 Å². The number of carbonyl (C=O) groups excluding carboxylic acids is 3. The monoisotopic (exact) mass is 470 g/mol. The second-order valence-corrected chi connectivity index (χ2v) is 8.09. The topological polar surface area (TPSA) is 110 Å². The van der Waals surface area contributed by atoms with Gasteiger partial charge in [-0.2, -0.15) is 0 Å². The first-order valence-electron chi connectivity index (χ1n) is 10.5. The number of amides is 3. The third-order valence-corrected chi connectivity index (χ3v) is 5.52. The second kappa shape index (κ2) is 9.91. The number of fused-ring (bicyclic) bond motifs is 4.